The average molecular weight is 593 g/mol. The first-order valence-corrected chi connectivity index (χ1v) is 16.1. The molecular formula is C30H36N6O3S2. The van der Waals surface area contributed by atoms with Gasteiger partial charge in [-0.05, 0) is 86.1 Å². The predicted molar refractivity (Wildman–Crippen MR) is 163 cm³/mol. The smallest absolute Gasteiger partial charge is 0.264 e. The van der Waals surface area contributed by atoms with Gasteiger partial charge >= 0.3 is 0 Å². The molecule has 11 heteroatoms. The third kappa shape index (κ3) is 6.38. The third-order valence-corrected chi connectivity index (χ3v) is 10.4. The van der Waals surface area contributed by atoms with Crippen LogP contribution in [-0.2, 0) is 16.1 Å². The fourth-order valence-corrected chi connectivity index (χ4v) is 7.72. The largest absolute Gasteiger partial charge is 0.352 e. The van der Waals surface area contributed by atoms with Crippen molar-refractivity contribution in [2.24, 2.45) is 0 Å². The SMILES string of the molecule is CC(=O)NCc1ccc(-c2cnc(C3CN(C(=O)c4ccc(NC(=O)[C@@H]5CCCN5)s4)C3)s2)cc1C1CCNCC1. The van der Waals surface area contributed by atoms with Gasteiger partial charge in [0, 0.05) is 38.7 Å². The van der Waals surface area contributed by atoms with Crippen molar-refractivity contribution in [1.29, 1.82) is 0 Å². The summed E-state index contributed by atoms with van der Waals surface area (Å²) >= 11 is 3.03. The van der Waals surface area contributed by atoms with Crippen LogP contribution in [0.5, 0.6) is 0 Å². The molecule has 1 aromatic carbocycles. The van der Waals surface area contributed by atoms with Crippen LogP contribution in [-0.4, -0.2) is 66.4 Å². The molecule has 41 heavy (non-hydrogen) atoms. The maximum absolute atomic E-state index is 13.1. The Labute approximate surface area is 248 Å². The number of nitrogens with one attached hydrogen (secondary N) is 4. The number of thiophene rings is 1. The van der Waals surface area contributed by atoms with Crippen molar-refractivity contribution in [1.82, 2.24) is 25.8 Å². The zero-order valence-corrected chi connectivity index (χ0v) is 24.8. The fraction of sp³-hybridized carbons (Fsp3) is 0.467. The van der Waals surface area contributed by atoms with E-state index in [0.29, 0.717) is 35.4 Å². The van der Waals surface area contributed by atoms with Crippen LogP contribution in [0.15, 0.2) is 36.5 Å². The lowest BCUT2D eigenvalue weighted by molar-refractivity contribution is -0.119. The van der Waals surface area contributed by atoms with Gasteiger partial charge in [0.25, 0.3) is 5.91 Å². The van der Waals surface area contributed by atoms with Crippen molar-refractivity contribution >= 4 is 45.4 Å². The van der Waals surface area contributed by atoms with Crippen LogP contribution in [0.2, 0.25) is 0 Å². The molecule has 0 aliphatic carbocycles. The van der Waals surface area contributed by atoms with Crippen molar-refractivity contribution in [2.75, 3.05) is 38.0 Å². The van der Waals surface area contributed by atoms with Crippen LogP contribution >= 0.6 is 22.7 Å². The Morgan fingerprint density at radius 3 is 2.61 bits per heavy atom. The normalized spacial score (nSPS) is 19.6. The quantitative estimate of drug-likeness (QED) is 0.315. The van der Waals surface area contributed by atoms with Gasteiger partial charge in [-0.2, -0.15) is 0 Å². The highest BCUT2D eigenvalue weighted by Gasteiger charge is 2.35. The summed E-state index contributed by atoms with van der Waals surface area (Å²) in [4.78, 5) is 45.4. The van der Waals surface area contributed by atoms with E-state index in [1.54, 1.807) is 24.3 Å². The highest BCUT2D eigenvalue weighted by Crippen LogP contribution is 2.38. The molecule has 0 unspecified atom stereocenters. The van der Waals surface area contributed by atoms with Gasteiger partial charge in [0.1, 0.15) is 0 Å². The maximum atomic E-state index is 13.1. The number of hydrogen-bond donors (Lipinski definition) is 4. The molecule has 5 heterocycles. The standard InChI is InChI=1S/C30H36N6O3S2/c1-18(37)33-14-21-5-4-20(13-23(21)19-8-11-31-12-9-19)26-15-34-29(41-26)22-16-36(17-22)30(39)25-6-7-27(40-25)35-28(38)24-3-2-10-32-24/h4-7,13,15,19,22,24,31-32H,2-3,8-12,14,16-17H2,1H3,(H,33,37)(H,35,38)/t24-/m0/s1. The van der Waals surface area contributed by atoms with Gasteiger partial charge < -0.3 is 26.2 Å². The van der Waals surface area contributed by atoms with Crippen molar-refractivity contribution in [2.45, 2.75) is 57.0 Å². The van der Waals surface area contributed by atoms with E-state index < -0.39 is 0 Å². The summed E-state index contributed by atoms with van der Waals surface area (Å²) in [7, 11) is 0. The Bertz CT molecular complexity index is 1420. The molecule has 0 bridgehead atoms. The second-order valence-electron chi connectivity index (χ2n) is 11.1. The molecular weight excluding hydrogens is 557 g/mol. The van der Waals surface area contributed by atoms with E-state index in [1.807, 2.05) is 17.2 Å². The van der Waals surface area contributed by atoms with Crippen LogP contribution in [0.3, 0.4) is 0 Å². The Hall–Kier alpha value is -3.12. The molecule has 3 aliphatic rings. The molecule has 3 aliphatic heterocycles. The number of nitrogens with zero attached hydrogens (tertiary/aromatic N) is 2. The zero-order chi connectivity index (χ0) is 28.3. The molecule has 3 saturated heterocycles. The number of benzene rings is 1. The minimum absolute atomic E-state index is 0.00360. The minimum Gasteiger partial charge on any atom is -0.352 e. The first kappa shape index (κ1) is 28.0. The Kier molecular flexibility index (Phi) is 8.47. The Morgan fingerprint density at radius 1 is 1.02 bits per heavy atom. The molecule has 6 rings (SSSR count). The minimum atomic E-state index is -0.145. The van der Waals surface area contributed by atoms with Crippen LogP contribution in [0.4, 0.5) is 5.00 Å². The van der Waals surface area contributed by atoms with Crippen molar-refractivity contribution in [3.05, 3.63) is 57.5 Å². The summed E-state index contributed by atoms with van der Waals surface area (Å²) < 4.78 is 0. The van der Waals surface area contributed by atoms with Gasteiger partial charge in [0.05, 0.1) is 25.8 Å². The number of carbonyl (C=O) groups excluding carboxylic acids is 3. The van der Waals surface area contributed by atoms with Gasteiger partial charge in [-0.3, -0.25) is 14.4 Å². The number of hydrogen-bond acceptors (Lipinski definition) is 8. The average Bonchev–Trinajstić information content (AvgIpc) is 3.74. The van der Waals surface area contributed by atoms with E-state index in [1.165, 1.54) is 22.5 Å². The lowest BCUT2D eigenvalue weighted by atomic mass is 9.86. The number of anilines is 1. The lowest BCUT2D eigenvalue weighted by Crippen LogP contribution is -2.48. The summed E-state index contributed by atoms with van der Waals surface area (Å²) in [5, 5.41) is 14.3. The van der Waals surface area contributed by atoms with Crippen molar-refractivity contribution < 1.29 is 14.4 Å². The highest BCUT2D eigenvalue weighted by atomic mass is 32.1. The predicted octanol–water partition coefficient (Wildman–Crippen LogP) is 3.90. The molecule has 216 valence electrons. The van der Waals surface area contributed by atoms with Gasteiger partial charge in [0.2, 0.25) is 11.8 Å². The lowest BCUT2D eigenvalue weighted by Gasteiger charge is -2.37. The summed E-state index contributed by atoms with van der Waals surface area (Å²) in [6.45, 7) is 6.28. The second-order valence-corrected chi connectivity index (χ2v) is 13.3. The van der Waals surface area contributed by atoms with E-state index in [-0.39, 0.29) is 29.7 Å². The summed E-state index contributed by atoms with van der Waals surface area (Å²) in [6.07, 6.45) is 5.99. The van der Waals surface area contributed by atoms with Crippen LogP contribution in [0.1, 0.15) is 70.2 Å². The van der Waals surface area contributed by atoms with E-state index >= 15 is 0 Å². The van der Waals surface area contributed by atoms with Crippen molar-refractivity contribution in [3.8, 4) is 10.4 Å². The molecule has 2 aromatic heterocycles. The van der Waals surface area contributed by atoms with Crippen molar-refractivity contribution in [3.63, 3.8) is 0 Å². The van der Waals surface area contributed by atoms with E-state index in [9.17, 15) is 14.4 Å². The topological polar surface area (TPSA) is 115 Å². The number of thiazole rings is 1. The molecule has 4 N–H and O–H groups in total. The Morgan fingerprint density at radius 2 is 1.85 bits per heavy atom. The number of likely N-dealkylation sites (tertiary alicyclic amines) is 1. The summed E-state index contributed by atoms with van der Waals surface area (Å²) in [5.74, 6) is 0.659. The molecule has 1 atom stereocenters. The molecule has 0 spiro atoms. The first-order valence-electron chi connectivity index (χ1n) is 14.4. The van der Waals surface area contributed by atoms with Crippen LogP contribution in [0, 0.1) is 0 Å². The summed E-state index contributed by atoms with van der Waals surface area (Å²) in [6, 6.07) is 10.0. The number of piperidine rings is 1. The zero-order valence-electron chi connectivity index (χ0n) is 23.2. The van der Waals surface area contributed by atoms with E-state index in [0.717, 1.165) is 60.8 Å². The molecule has 3 fully saturated rings. The maximum Gasteiger partial charge on any atom is 0.264 e. The van der Waals surface area contributed by atoms with E-state index in [2.05, 4.69) is 39.5 Å². The fourth-order valence-electron chi connectivity index (χ4n) is 5.84. The monoisotopic (exact) mass is 592 g/mol. The highest BCUT2D eigenvalue weighted by molar-refractivity contribution is 7.18. The molecule has 3 aromatic rings. The first-order chi connectivity index (χ1) is 19.9. The van der Waals surface area contributed by atoms with E-state index in [4.69, 9.17) is 4.98 Å². The van der Waals surface area contributed by atoms with Crippen LogP contribution < -0.4 is 21.3 Å². The van der Waals surface area contributed by atoms with Gasteiger partial charge in [-0.1, -0.05) is 12.1 Å². The number of carbonyl (C=O) groups is 3. The Balaban J connectivity index is 1.08. The second kappa shape index (κ2) is 12.4. The molecule has 3 amide bonds. The molecule has 9 nitrogen and oxygen atoms in total. The van der Waals surface area contributed by atoms with Gasteiger partial charge in [0.15, 0.2) is 0 Å². The number of rotatable bonds is 8. The van der Waals surface area contributed by atoms with Gasteiger partial charge in [-0.25, -0.2) is 4.98 Å². The summed E-state index contributed by atoms with van der Waals surface area (Å²) in [5.41, 5.74) is 3.65. The third-order valence-electron chi connectivity index (χ3n) is 8.22. The molecule has 0 saturated carbocycles. The van der Waals surface area contributed by atoms with Crippen LogP contribution in [0.25, 0.3) is 10.4 Å². The number of amides is 3. The number of aromatic nitrogens is 1. The van der Waals surface area contributed by atoms with Gasteiger partial charge in [-0.15, -0.1) is 22.7 Å². The molecule has 0 radical (unpaired) electrons.